The van der Waals surface area contributed by atoms with Gasteiger partial charge in [-0.3, -0.25) is 0 Å². The van der Waals surface area contributed by atoms with Crippen LogP contribution in [-0.2, 0) is 28.5 Å². The van der Waals surface area contributed by atoms with Gasteiger partial charge >= 0.3 is 11.9 Å². The Hall–Kier alpha value is -1.44. The molecule has 0 saturated heterocycles. The Balaban J connectivity index is 3.63. The average Bonchev–Trinajstić information content (AvgIpc) is 2.36. The predicted molar refractivity (Wildman–Crippen MR) is 65.2 cm³/mol. The van der Waals surface area contributed by atoms with E-state index in [1.54, 1.807) is 13.8 Å². The smallest absolute Gasteiger partial charge is 0.334 e. The molecule has 2 unspecified atom stereocenters. The van der Waals surface area contributed by atoms with Crippen molar-refractivity contribution in [1.29, 1.82) is 0 Å². The molecule has 0 aromatic carbocycles. The van der Waals surface area contributed by atoms with Gasteiger partial charge in [-0.25, -0.2) is 9.59 Å². The van der Waals surface area contributed by atoms with Gasteiger partial charge in [0.2, 0.25) is 0 Å². The van der Waals surface area contributed by atoms with Gasteiger partial charge in [0, 0.05) is 12.7 Å². The van der Waals surface area contributed by atoms with E-state index in [0.29, 0.717) is 6.61 Å². The Morgan fingerprint density at radius 2 is 2.05 bits per heavy atom. The maximum Gasteiger partial charge on any atom is 0.334 e. The number of carbonyl (C=O) groups is 2. The summed E-state index contributed by atoms with van der Waals surface area (Å²) in [4.78, 5) is 21.9. The lowest BCUT2D eigenvalue weighted by Crippen LogP contribution is -2.26. The highest BCUT2D eigenvalue weighted by atomic mass is 16.7. The summed E-state index contributed by atoms with van der Waals surface area (Å²) < 4.78 is 19.3. The zero-order valence-electron chi connectivity index (χ0n) is 11.2. The molecule has 0 rings (SSSR count). The molecule has 2 atom stereocenters. The van der Waals surface area contributed by atoms with E-state index < -0.39 is 24.3 Å². The fourth-order valence-electron chi connectivity index (χ4n) is 1.05. The summed E-state index contributed by atoms with van der Waals surface area (Å²) in [6.07, 6.45) is -0.666. The largest absolute Gasteiger partial charge is 0.460 e. The molecule has 0 aromatic rings. The molecule has 0 bridgehead atoms. The highest BCUT2D eigenvalue weighted by molar-refractivity contribution is 5.81. The van der Waals surface area contributed by atoms with E-state index in [9.17, 15) is 14.7 Å². The van der Waals surface area contributed by atoms with E-state index >= 15 is 0 Å². The van der Waals surface area contributed by atoms with Gasteiger partial charge in [-0.2, -0.15) is 0 Å². The zero-order valence-corrected chi connectivity index (χ0v) is 11.2. The molecule has 0 spiro atoms. The quantitative estimate of drug-likeness (QED) is 0.341. The van der Waals surface area contributed by atoms with Gasteiger partial charge in [-0.05, 0) is 13.8 Å². The first kappa shape index (κ1) is 17.6. The Bertz CT molecular complexity index is 290. The number of aliphatic hydroxyl groups excluding tert-OH is 1. The molecule has 0 fully saturated rings. The van der Waals surface area contributed by atoms with Crippen molar-refractivity contribution in [3.63, 3.8) is 0 Å². The Morgan fingerprint density at radius 1 is 1.37 bits per heavy atom. The van der Waals surface area contributed by atoms with Crippen LogP contribution in [0.4, 0.5) is 0 Å². The van der Waals surface area contributed by atoms with Gasteiger partial charge in [0.05, 0.1) is 6.61 Å². The molecular formula is C12H20O7. The Labute approximate surface area is 112 Å². The van der Waals surface area contributed by atoms with Gasteiger partial charge in [0.15, 0.2) is 6.29 Å². The second-order valence-electron chi connectivity index (χ2n) is 3.52. The number of carbonyl (C=O) groups excluding carboxylic acids is 2. The summed E-state index contributed by atoms with van der Waals surface area (Å²) in [6.45, 7) is 6.31. The molecule has 0 amide bonds. The summed E-state index contributed by atoms with van der Waals surface area (Å²) >= 11 is 0. The van der Waals surface area contributed by atoms with Crippen LogP contribution in [0.5, 0.6) is 0 Å². The fraction of sp³-hybridized carbons (Fsp3) is 0.667. The van der Waals surface area contributed by atoms with Crippen molar-refractivity contribution in [3.8, 4) is 0 Å². The van der Waals surface area contributed by atoms with Crippen molar-refractivity contribution in [2.75, 3.05) is 26.4 Å². The third kappa shape index (κ3) is 10.2. The number of rotatable bonds is 10. The molecule has 19 heavy (non-hydrogen) atoms. The Morgan fingerprint density at radius 3 is 2.63 bits per heavy atom. The second-order valence-corrected chi connectivity index (χ2v) is 3.52. The number of aliphatic hydroxyl groups is 1. The third-order valence-electron chi connectivity index (χ3n) is 1.81. The fourth-order valence-corrected chi connectivity index (χ4v) is 1.05. The minimum absolute atomic E-state index is 0.150. The average molecular weight is 276 g/mol. The molecule has 0 heterocycles. The van der Waals surface area contributed by atoms with Gasteiger partial charge < -0.3 is 24.1 Å². The molecule has 0 radical (unpaired) electrons. The topological polar surface area (TPSA) is 91.3 Å². The normalized spacial score (nSPS) is 13.4. The maximum atomic E-state index is 11.2. The van der Waals surface area contributed by atoms with Crippen molar-refractivity contribution >= 4 is 11.9 Å². The first-order valence-corrected chi connectivity index (χ1v) is 5.85. The van der Waals surface area contributed by atoms with Gasteiger partial charge in [0.25, 0.3) is 0 Å². The van der Waals surface area contributed by atoms with Crippen LogP contribution in [0, 0.1) is 0 Å². The SMILES string of the molecule is C=CC(=O)OCC(O)COCC(=O)OC(C)OCC. The lowest BCUT2D eigenvalue weighted by molar-refractivity contribution is -0.179. The lowest BCUT2D eigenvalue weighted by Gasteiger charge is -2.14. The van der Waals surface area contributed by atoms with Crippen molar-refractivity contribution in [2.24, 2.45) is 0 Å². The summed E-state index contributed by atoms with van der Waals surface area (Å²) in [5.74, 6) is -1.24. The number of hydrogen-bond donors (Lipinski definition) is 1. The second kappa shape index (κ2) is 10.5. The lowest BCUT2D eigenvalue weighted by atomic mass is 10.4. The minimum Gasteiger partial charge on any atom is -0.460 e. The van der Waals surface area contributed by atoms with Crippen LogP contribution < -0.4 is 0 Å². The van der Waals surface area contributed by atoms with Crippen molar-refractivity contribution in [3.05, 3.63) is 12.7 Å². The maximum absolute atomic E-state index is 11.2. The molecule has 0 aliphatic carbocycles. The zero-order chi connectivity index (χ0) is 14.7. The monoisotopic (exact) mass is 276 g/mol. The summed E-state index contributed by atoms with van der Waals surface area (Å²) in [7, 11) is 0. The Kier molecular flexibility index (Phi) is 9.69. The van der Waals surface area contributed by atoms with Crippen LogP contribution in [0.15, 0.2) is 12.7 Å². The molecule has 7 nitrogen and oxygen atoms in total. The van der Waals surface area contributed by atoms with Crippen LogP contribution in [0.2, 0.25) is 0 Å². The van der Waals surface area contributed by atoms with E-state index in [2.05, 4.69) is 11.3 Å². The molecule has 7 heteroatoms. The summed E-state index contributed by atoms with van der Waals surface area (Å²) in [5.41, 5.74) is 0. The highest BCUT2D eigenvalue weighted by Crippen LogP contribution is 1.95. The standard InChI is InChI=1S/C12H20O7/c1-4-11(14)18-7-10(13)6-16-8-12(15)19-9(3)17-5-2/h4,9-10,13H,1,5-8H2,2-3H3. The van der Waals surface area contributed by atoms with Crippen LogP contribution in [0.1, 0.15) is 13.8 Å². The molecular weight excluding hydrogens is 256 g/mol. The van der Waals surface area contributed by atoms with E-state index in [0.717, 1.165) is 6.08 Å². The first-order valence-electron chi connectivity index (χ1n) is 5.85. The molecule has 0 aliphatic rings. The molecule has 0 aliphatic heterocycles. The van der Waals surface area contributed by atoms with E-state index in [1.807, 2.05) is 0 Å². The number of esters is 2. The molecule has 0 aromatic heterocycles. The van der Waals surface area contributed by atoms with Gasteiger partial charge in [-0.1, -0.05) is 6.58 Å². The van der Waals surface area contributed by atoms with Crippen LogP contribution >= 0.6 is 0 Å². The molecule has 0 saturated carbocycles. The minimum atomic E-state index is -1.01. The van der Waals surface area contributed by atoms with Crippen LogP contribution in [0.3, 0.4) is 0 Å². The van der Waals surface area contributed by atoms with E-state index in [4.69, 9.17) is 14.2 Å². The number of hydrogen-bond acceptors (Lipinski definition) is 7. The predicted octanol–water partition coefficient (Wildman–Crippen LogP) is 0.0188. The molecule has 110 valence electrons. The van der Waals surface area contributed by atoms with Crippen molar-refractivity contribution in [1.82, 2.24) is 0 Å². The van der Waals surface area contributed by atoms with E-state index in [1.165, 1.54) is 0 Å². The third-order valence-corrected chi connectivity index (χ3v) is 1.81. The van der Waals surface area contributed by atoms with Gasteiger partial charge in [-0.15, -0.1) is 0 Å². The highest BCUT2D eigenvalue weighted by Gasteiger charge is 2.11. The summed E-state index contributed by atoms with van der Waals surface area (Å²) in [5, 5.41) is 9.36. The van der Waals surface area contributed by atoms with Crippen molar-refractivity contribution < 1.29 is 33.6 Å². The van der Waals surface area contributed by atoms with Crippen LogP contribution in [-0.4, -0.2) is 55.9 Å². The van der Waals surface area contributed by atoms with Gasteiger partial charge in [0.1, 0.15) is 19.3 Å². The number of ether oxygens (including phenoxy) is 4. The summed E-state index contributed by atoms with van der Waals surface area (Å²) in [6, 6.07) is 0. The van der Waals surface area contributed by atoms with Crippen LogP contribution in [0.25, 0.3) is 0 Å². The first-order chi connectivity index (χ1) is 8.99. The van der Waals surface area contributed by atoms with E-state index in [-0.39, 0.29) is 19.8 Å². The van der Waals surface area contributed by atoms with Crippen molar-refractivity contribution in [2.45, 2.75) is 26.2 Å². The molecule has 1 N–H and O–H groups in total.